The molecule has 2 aromatic rings. The van der Waals surface area contributed by atoms with Crippen molar-refractivity contribution in [2.75, 3.05) is 11.4 Å². The number of nitrogens with one attached hydrogen (secondary N) is 1. The number of carbonyl (C=O) groups is 1. The van der Waals surface area contributed by atoms with Crippen molar-refractivity contribution < 1.29 is 13.2 Å². The standard InChI is InChI=1S/C16H15ClN2O3S/c17-12-6-8-14(9-7-12)23(21,22)18-15-10-11-19(16(15)20)13-4-2-1-3-5-13/h1-9,15,18H,10-11H2/t15-/m1/s1. The van der Waals surface area contributed by atoms with Crippen LogP contribution >= 0.6 is 11.6 Å². The maximum atomic E-state index is 12.4. The van der Waals surface area contributed by atoms with Gasteiger partial charge >= 0.3 is 0 Å². The van der Waals surface area contributed by atoms with Crippen LogP contribution in [-0.4, -0.2) is 26.9 Å². The fraction of sp³-hybridized carbons (Fsp3) is 0.188. The molecule has 3 rings (SSSR count). The van der Waals surface area contributed by atoms with Crippen molar-refractivity contribution >= 4 is 33.2 Å². The maximum Gasteiger partial charge on any atom is 0.245 e. The van der Waals surface area contributed by atoms with Crippen LogP contribution in [0.2, 0.25) is 5.02 Å². The third-order valence-electron chi connectivity index (χ3n) is 3.69. The molecule has 0 radical (unpaired) electrons. The molecule has 0 bridgehead atoms. The van der Waals surface area contributed by atoms with Crippen LogP contribution in [0, 0.1) is 0 Å². The molecule has 0 aromatic heterocycles. The minimum atomic E-state index is -3.76. The number of amides is 1. The molecule has 120 valence electrons. The summed E-state index contributed by atoms with van der Waals surface area (Å²) >= 11 is 5.77. The molecule has 2 aromatic carbocycles. The van der Waals surface area contributed by atoms with E-state index < -0.39 is 16.1 Å². The molecule has 1 amide bonds. The molecule has 0 unspecified atom stereocenters. The Morgan fingerprint density at radius 2 is 1.70 bits per heavy atom. The Kier molecular flexibility index (Phi) is 4.39. The zero-order valence-electron chi connectivity index (χ0n) is 12.1. The van der Waals surface area contributed by atoms with Crippen LogP contribution < -0.4 is 9.62 Å². The molecule has 7 heteroatoms. The van der Waals surface area contributed by atoms with Crippen molar-refractivity contribution in [3.8, 4) is 0 Å². The van der Waals surface area contributed by atoms with E-state index in [9.17, 15) is 13.2 Å². The molecule has 23 heavy (non-hydrogen) atoms. The van der Waals surface area contributed by atoms with Crippen LogP contribution in [-0.2, 0) is 14.8 Å². The van der Waals surface area contributed by atoms with E-state index in [4.69, 9.17) is 11.6 Å². The van der Waals surface area contributed by atoms with Crippen molar-refractivity contribution in [3.63, 3.8) is 0 Å². The van der Waals surface area contributed by atoms with E-state index in [1.807, 2.05) is 30.3 Å². The summed E-state index contributed by atoms with van der Waals surface area (Å²) in [7, 11) is -3.76. The molecular formula is C16H15ClN2O3S. The first-order valence-electron chi connectivity index (χ1n) is 7.12. The predicted octanol–water partition coefficient (Wildman–Crippen LogP) is 2.42. The van der Waals surface area contributed by atoms with Gasteiger partial charge in [-0.25, -0.2) is 8.42 Å². The minimum Gasteiger partial charge on any atom is -0.311 e. The molecule has 1 heterocycles. The highest BCUT2D eigenvalue weighted by Gasteiger charge is 2.35. The molecule has 1 N–H and O–H groups in total. The summed E-state index contributed by atoms with van der Waals surface area (Å²) in [5, 5.41) is 0.455. The number of rotatable bonds is 4. The number of anilines is 1. The number of para-hydroxylation sites is 1. The van der Waals surface area contributed by atoms with Crippen molar-refractivity contribution in [1.29, 1.82) is 0 Å². The van der Waals surface area contributed by atoms with E-state index >= 15 is 0 Å². The van der Waals surface area contributed by atoms with Gasteiger partial charge in [0.25, 0.3) is 0 Å². The summed E-state index contributed by atoms with van der Waals surface area (Å²) in [5.74, 6) is -0.242. The summed E-state index contributed by atoms with van der Waals surface area (Å²) in [5.41, 5.74) is 0.769. The zero-order chi connectivity index (χ0) is 16.4. The third kappa shape index (κ3) is 3.39. The quantitative estimate of drug-likeness (QED) is 0.920. The zero-order valence-corrected chi connectivity index (χ0v) is 13.7. The SMILES string of the molecule is O=C1[C@H](NS(=O)(=O)c2ccc(Cl)cc2)CCN1c1ccccc1. The fourth-order valence-corrected chi connectivity index (χ4v) is 3.87. The van der Waals surface area contributed by atoms with Crippen molar-refractivity contribution in [1.82, 2.24) is 4.72 Å². The highest BCUT2D eigenvalue weighted by molar-refractivity contribution is 7.89. The van der Waals surface area contributed by atoms with Crippen LogP contribution in [0.1, 0.15) is 6.42 Å². The number of benzene rings is 2. The topological polar surface area (TPSA) is 66.5 Å². The molecule has 1 aliphatic heterocycles. The molecule has 0 aliphatic carbocycles. The van der Waals surface area contributed by atoms with E-state index in [1.54, 1.807) is 4.90 Å². The lowest BCUT2D eigenvalue weighted by Crippen LogP contribution is -2.41. The first-order valence-corrected chi connectivity index (χ1v) is 8.98. The molecule has 1 fully saturated rings. The molecule has 0 spiro atoms. The van der Waals surface area contributed by atoms with Gasteiger partial charge < -0.3 is 4.90 Å². The van der Waals surface area contributed by atoms with E-state index in [0.29, 0.717) is 18.0 Å². The van der Waals surface area contributed by atoms with E-state index in [-0.39, 0.29) is 10.8 Å². The molecule has 0 saturated carbocycles. The third-order valence-corrected chi connectivity index (χ3v) is 5.43. The Labute approximate surface area is 139 Å². The van der Waals surface area contributed by atoms with Gasteiger partial charge in [0.05, 0.1) is 4.90 Å². The Balaban J connectivity index is 1.76. The number of sulfonamides is 1. The minimum absolute atomic E-state index is 0.0906. The van der Waals surface area contributed by atoms with Gasteiger partial charge in [-0.1, -0.05) is 29.8 Å². The number of halogens is 1. The predicted molar refractivity (Wildman–Crippen MR) is 89.0 cm³/mol. The van der Waals surface area contributed by atoms with Crippen molar-refractivity contribution in [2.45, 2.75) is 17.4 Å². The van der Waals surface area contributed by atoms with Gasteiger partial charge in [-0.2, -0.15) is 4.72 Å². The largest absolute Gasteiger partial charge is 0.311 e. The van der Waals surface area contributed by atoms with Crippen LogP contribution in [0.15, 0.2) is 59.5 Å². The van der Waals surface area contributed by atoms with Crippen molar-refractivity contribution in [3.05, 3.63) is 59.6 Å². The second kappa shape index (κ2) is 6.31. The maximum absolute atomic E-state index is 12.4. The number of nitrogens with zero attached hydrogens (tertiary/aromatic N) is 1. The molecule has 1 atom stereocenters. The van der Waals surface area contributed by atoms with E-state index in [2.05, 4.69) is 4.72 Å². The van der Waals surface area contributed by atoms with Crippen LogP contribution in [0.3, 0.4) is 0 Å². The first-order chi connectivity index (χ1) is 11.0. The lowest BCUT2D eigenvalue weighted by Gasteiger charge is -2.17. The summed E-state index contributed by atoms with van der Waals surface area (Å²) in [4.78, 5) is 14.1. The average Bonchev–Trinajstić information content (AvgIpc) is 2.89. The second-order valence-corrected chi connectivity index (χ2v) is 7.39. The number of hydrogen-bond donors (Lipinski definition) is 1. The van der Waals surface area contributed by atoms with E-state index in [1.165, 1.54) is 24.3 Å². The Morgan fingerprint density at radius 3 is 2.35 bits per heavy atom. The number of carbonyl (C=O) groups excluding carboxylic acids is 1. The second-order valence-electron chi connectivity index (χ2n) is 5.24. The van der Waals surface area contributed by atoms with Crippen LogP contribution in [0.5, 0.6) is 0 Å². The highest BCUT2D eigenvalue weighted by atomic mass is 35.5. The van der Waals surface area contributed by atoms with Gasteiger partial charge in [-0.05, 0) is 42.8 Å². The summed E-state index contributed by atoms with van der Waals surface area (Å²) < 4.78 is 27.2. The first kappa shape index (κ1) is 16.0. The van der Waals surface area contributed by atoms with Gasteiger partial charge in [0.1, 0.15) is 6.04 Å². The van der Waals surface area contributed by atoms with Gasteiger partial charge in [0.2, 0.25) is 15.9 Å². The Hall–Kier alpha value is -1.89. The fourth-order valence-electron chi connectivity index (χ4n) is 2.52. The highest BCUT2D eigenvalue weighted by Crippen LogP contribution is 2.22. The average molecular weight is 351 g/mol. The van der Waals surface area contributed by atoms with Gasteiger partial charge in [-0.3, -0.25) is 4.79 Å². The van der Waals surface area contributed by atoms with E-state index in [0.717, 1.165) is 5.69 Å². The normalized spacial score (nSPS) is 18.4. The number of hydrogen-bond acceptors (Lipinski definition) is 3. The smallest absolute Gasteiger partial charge is 0.245 e. The summed E-state index contributed by atoms with van der Waals surface area (Å²) in [6.45, 7) is 0.483. The van der Waals surface area contributed by atoms with Crippen LogP contribution in [0.25, 0.3) is 0 Å². The monoisotopic (exact) mass is 350 g/mol. The van der Waals surface area contributed by atoms with Gasteiger partial charge in [-0.15, -0.1) is 0 Å². The van der Waals surface area contributed by atoms with Crippen molar-refractivity contribution in [2.24, 2.45) is 0 Å². The van der Waals surface area contributed by atoms with Gasteiger partial charge in [0, 0.05) is 17.3 Å². The van der Waals surface area contributed by atoms with Crippen LogP contribution in [0.4, 0.5) is 5.69 Å². The molecule has 1 saturated heterocycles. The molecular weight excluding hydrogens is 336 g/mol. The molecule has 1 aliphatic rings. The van der Waals surface area contributed by atoms with Gasteiger partial charge in [0.15, 0.2) is 0 Å². The lowest BCUT2D eigenvalue weighted by atomic mass is 10.3. The Bertz CT molecular complexity index is 807. The lowest BCUT2D eigenvalue weighted by molar-refractivity contribution is -0.118. The summed E-state index contributed by atoms with van der Waals surface area (Å²) in [6, 6.07) is 14.3. The summed E-state index contributed by atoms with van der Waals surface area (Å²) in [6.07, 6.45) is 0.431. The Morgan fingerprint density at radius 1 is 1.04 bits per heavy atom. The molecule has 5 nitrogen and oxygen atoms in total.